The molecule has 4 N–H and O–H groups in total. The van der Waals surface area contributed by atoms with Crippen LogP contribution in [0.25, 0.3) is 11.0 Å². The van der Waals surface area contributed by atoms with Gasteiger partial charge in [0.05, 0.1) is 11.3 Å². The van der Waals surface area contributed by atoms with E-state index in [2.05, 4.69) is 40.5 Å². The summed E-state index contributed by atoms with van der Waals surface area (Å²) in [5.41, 5.74) is 3.49. The van der Waals surface area contributed by atoms with Crippen LogP contribution in [0.5, 0.6) is 0 Å². The van der Waals surface area contributed by atoms with Crippen molar-refractivity contribution in [3.8, 4) is 6.07 Å². The molecule has 25 heavy (non-hydrogen) atoms. The highest BCUT2D eigenvalue weighted by Crippen LogP contribution is 2.22. The van der Waals surface area contributed by atoms with Crippen molar-refractivity contribution in [1.82, 2.24) is 20.6 Å². The fraction of sp³-hybridized carbons (Fsp3) is 0.421. The van der Waals surface area contributed by atoms with E-state index < -0.39 is 0 Å². The van der Waals surface area contributed by atoms with Gasteiger partial charge in [-0.25, -0.2) is 4.98 Å². The molecule has 0 aliphatic carbocycles. The van der Waals surface area contributed by atoms with E-state index >= 15 is 0 Å². The van der Waals surface area contributed by atoms with Gasteiger partial charge in [-0.2, -0.15) is 5.26 Å². The third kappa shape index (κ3) is 3.89. The van der Waals surface area contributed by atoms with Crippen LogP contribution in [0.15, 0.2) is 30.2 Å². The molecule has 0 atom stereocenters. The van der Waals surface area contributed by atoms with Gasteiger partial charge in [-0.15, -0.1) is 0 Å². The van der Waals surface area contributed by atoms with Crippen LogP contribution in [0.2, 0.25) is 0 Å². The summed E-state index contributed by atoms with van der Waals surface area (Å²) in [5, 5.41) is 25.4. The molecule has 0 saturated carbocycles. The second-order valence-electron chi connectivity index (χ2n) is 6.77. The minimum absolute atomic E-state index is 0.324. The maximum atomic E-state index is 9.19. The van der Waals surface area contributed by atoms with Gasteiger partial charge in [-0.05, 0) is 51.9 Å². The number of rotatable bonds is 5. The molecular weight excluding hydrogens is 312 g/mol. The number of hydrogen-bond acceptors (Lipinski definition) is 5. The van der Waals surface area contributed by atoms with Crippen molar-refractivity contribution < 1.29 is 0 Å². The number of pyridine rings is 1. The summed E-state index contributed by atoms with van der Waals surface area (Å²) in [7, 11) is 0. The van der Waals surface area contributed by atoms with Crippen molar-refractivity contribution in [3.63, 3.8) is 0 Å². The minimum Gasteiger partial charge on any atom is -0.386 e. The monoisotopic (exact) mass is 336 g/mol. The normalized spacial score (nSPS) is 16.2. The molecule has 3 rings (SSSR count). The first kappa shape index (κ1) is 17.2. The average Bonchev–Trinajstić information content (AvgIpc) is 3.03. The van der Waals surface area contributed by atoms with Gasteiger partial charge in [0.25, 0.3) is 0 Å². The highest BCUT2D eigenvalue weighted by atomic mass is 14.9. The molecule has 6 nitrogen and oxygen atoms in total. The fourth-order valence-corrected chi connectivity index (χ4v) is 3.23. The fourth-order valence-electron chi connectivity index (χ4n) is 3.23. The van der Waals surface area contributed by atoms with Crippen molar-refractivity contribution in [2.75, 3.05) is 13.1 Å². The number of nitrogens with zero attached hydrogens (tertiary/aromatic N) is 2. The van der Waals surface area contributed by atoms with E-state index in [1.165, 1.54) is 0 Å². The third-order valence-corrected chi connectivity index (χ3v) is 4.50. The number of aromatic nitrogens is 2. The quantitative estimate of drug-likeness (QED) is 0.631. The van der Waals surface area contributed by atoms with Gasteiger partial charge in [0, 0.05) is 41.0 Å². The Kier molecular flexibility index (Phi) is 5.15. The van der Waals surface area contributed by atoms with E-state index in [9.17, 15) is 5.26 Å². The Bertz CT molecular complexity index is 833. The summed E-state index contributed by atoms with van der Waals surface area (Å²) in [6, 6.07) is 4.35. The number of hydrogen-bond donors (Lipinski definition) is 4. The number of nitrogens with one attached hydrogen (secondary N) is 4. The van der Waals surface area contributed by atoms with E-state index in [0.717, 1.165) is 42.6 Å². The van der Waals surface area contributed by atoms with Crippen molar-refractivity contribution in [3.05, 3.63) is 41.4 Å². The largest absolute Gasteiger partial charge is 0.386 e. The summed E-state index contributed by atoms with van der Waals surface area (Å²) >= 11 is 0. The Balaban J connectivity index is 1.91. The van der Waals surface area contributed by atoms with Crippen molar-refractivity contribution >= 4 is 16.7 Å². The van der Waals surface area contributed by atoms with Gasteiger partial charge < -0.3 is 21.0 Å². The van der Waals surface area contributed by atoms with E-state index in [1.54, 1.807) is 12.4 Å². The first-order valence-electron chi connectivity index (χ1n) is 8.73. The second kappa shape index (κ2) is 7.49. The number of H-pyrrole nitrogens is 1. The number of fused-ring (bicyclic) bond motifs is 1. The van der Waals surface area contributed by atoms with Crippen molar-refractivity contribution in [2.24, 2.45) is 5.92 Å². The molecule has 6 heteroatoms. The second-order valence-corrected chi connectivity index (χ2v) is 6.77. The van der Waals surface area contributed by atoms with Crippen molar-refractivity contribution in [1.29, 1.82) is 10.7 Å². The Morgan fingerprint density at radius 3 is 2.88 bits per heavy atom. The molecule has 1 saturated heterocycles. The summed E-state index contributed by atoms with van der Waals surface area (Å²) in [6.07, 6.45) is 7.42. The van der Waals surface area contributed by atoms with Crippen LogP contribution in [-0.4, -0.2) is 34.8 Å². The Hall–Kier alpha value is -2.65. The molecule has 0 spiro atoms. The van der Waals surface area contributed by atoms with Crippen molar-refractivity contribution in [2.45, 2.75) is 32.7 Å². The third-order valence-electron chi connectivity index (χ3n) is 4.50. The smallest absolute Gasteiger partial charge is 0.138 e. The van der Waals surface area contributed by atoms with Gasteiger partial charge in [0.2, 0.25) is 0 Å². The van der Waals surface area contributed by atoms with Crippen LogP contribution in [0, 0.1) is 22.7 Å². The molecule has 0 bridgehead atoms. The zero-order valence-electron chi connectivity index (χ0n) is 14.7. The summed E-state index contributed by atoms with van der Waals surface area (Å²) in [5.74, 6) is 0.447. The van der Waals surface area contributed by atoms with E-state index in [0.29, 0.717) is 28.9 Å². The first-order chi connectivity index (χ1) is 12.1. The molecule has 1 aliphatic rings. The van der Waals surface area contributed by atoms with Crippen LogP contribution in [-0.2, 0) is 0 Å². The van der Waals surface area contributed by atoms with Crippen LogP contribution in [0.1, 0.15) is 37.8 Å². The van der Waals surface area contributed by atoms with E-state index in [-0.39, 0.29) is 0 Å². The maximum Gasteiger partial charge on any atom is 0.138 e. The topological polar surface area (TPSA) is 100 Å². The lowest BCUT2D eigenvalue weighted by atomic mass is 9.92. The highest BCUT2D eigenvalue weighted by Gasteiger charge is 2.19. The van der Waals surface area contributed by atoms with Crippen LogP contribution < -0.4 is 10.6 Å². The van der Waals surface area contributed by atoms with Gasteiger partial charge in [0.15, 0.2) is 0 Å². The lowest BCUT2D eigenvalue weighted by Gasteiger charge is -2.27. The molecule has 0 radical (unpaired) electrons. The molecule has 0 amide bonds. The predicted octanol–water partition coefficient (Wildman–Crippen LogP) is 2.68. The van der Waals surface area contributed by atoms with E-state index in [4.69, 9.17) is 5.41 Å². The van der Waals surface area contributed by atoms with Gasteiger partial charge in [-0.1, -0.05) is 0 Å². The molecule has 3 heterocycles. The lowest BCUT2D eigenvalue weighted by Crippen LogP contribution is -2.34. The number of piperidine rings is 1. The summed E-state index contributed by atoms with van der Waals surface area (Å²) in [4.78, 5) is 7.33. The van der Waals surface area contributed by atoms with Crippen LogP contribution in [0.4, 0.5) is 0 Å². The zero-order valence-corrected chi connectivity index (χ0v) is 14.7. The van der Waals surface area contributed by atoms with E-state index in [1.807, 2.05) is 12.1 Å². The Labute approximate surface area is 147 Å². The molecule has 2 aromatic heterocycles. The van der Waals surface area contributed by atoms with Gasteiger partial charge >= 0.3 is 0 Å². The predicted molar refractivity (Wildman–Crippen MR) is 99.6 cm³/mol. The maximum absolute atomic E-state index is 9.19. The molecule has 1 aliphatic heterocycles. The molecule has 0 aromatic carbocycles. The Morgan fingerprint density at radius 1 is 1.44 bits per heavy atom. The van der Waals surface area contributed by atoms with Crippen LogP contribution >= 0.6 is 0 Å². The highest BCUT2D eigenvalue weighted by molar-refractivity contribution is 6.08. The number of aromatic amines is 1. The SMILES string of the molecule is CC(C)N/C(=C\C(=N)c1cnc2[nH]cc(C#N)c2c1)C1CCNCC1. The van der Waals surface area contributed by atoms with Gasteiger partial charge in [0.1, 0.15) is 11.7 Å². The van der Waals surface area contributed by atoms with Crippen LogP contribution in [0.3, 0.4) is 0 Å². The number of nitriles is 1. The Morgan fingerprint density at radius 2 is 2.20 bits per heavy atom. The minimum atomic E-state index is 0.324. The lowest BCUT2D eigenvalue weighted by molar-refractivity contribution is 0.395. The number of allylic oxidation sites excluding steroid dienone is 2. The summed E-state index contributed by atoms with van der Waals surface area (Å²) in [6.45, 7) is 6.26. The molecule has 130 valence electrons. The first-order valence-corrected chi connectivity index (χ1v) is 8.73. The average molecular weight is 336 g/mol. The molecule has 1 fully saturated rings. The molecule has 2 aromatic rings. The molecular formula is C19H24N6. The molecule has 0 unspecified atom stereocenters. The summed E-state index contributed by atoms with van der Waals surface area (Å²) < 4.78 is 0. The zero-order chi connectivity index (χ0) is 17.8. The standard InChI is InChI=1S/C19H24N6/c1-12(2)25-18(13-3-5-22-6-4-13)8-17(21)14-7-16-15(9-20)11-24-19(16)23-10-14/h7-8,10-13,21-22,25H,3-6H2,1-2H3,(H,23,24)/b18-8-,21-17?. The van der Waals surface area contributed by atoms with Gasteiger partial charge in [-0.3, -0.25) is 0 Å².